The smallest absolute Gasteiger partial charge is 0.166 e. The Labute approximate surface area is 138 Å². The second kappa shape index (κ2) is 7.01. The maximum Gasteiger partial charge on any atom is 0.166 e. The summed E-state index contributed by atoms with van der Waals surface area (Å²) >= 11 is 11.0. The maximum atomic E-state index is 5.60. The molecule has 0 unspecified atom stereocenters. The van der Waals surface area contributed by atoms with Crippen LogP contribution in [0.3, 0.4) is 0 Å². The van der Waals surface area contributed by atoms with Crippen molar-refractivity contribution in [2.45, 2.75) is 46.5 Å². The molecule has 0 radical (unpaired) electrons. The Hall–Kier alpha value is -0.450. The van der Waals surface area contributed by atoms with Gasteiger partial charge in [0, 0.05) is 15.0 Å². The van der Waals surface area contributed by atoms with E-state index >= 15 is 0 Å². The molecule has 0 aliphatic rings. The lowest BCUT2D eigenvalue weighted by Gasteiger charge is -2.12. The molecule has 0 aliphatic heterocycles. The Balaban J connectivity index is 2.45. The molecule has 1 aromatic carbocycles. The van der Waals surface area contributed by atoms with Crippen molar-refractivity contribution >= 4 is 39.5 Å². The van der Waals surface area contributed by atoms with Gasteiger partial charge in [-0.15, -0.1) is 11.3 Å². The summed E-state index contributed by atoms with van der Waals surface area (Å²) < 4.78 is 4.28. The molecule has 0 amide bonds. The Bertz CT molecular complexity index is 635. The van der Waals surface area contributed by atoms with Gasteiger partial charge in [0.25, 0.3) is 0 Å². The molecule has 0 saturated carbocycles. The fourth-order valence-corrected chi connectivity index (χ4v) is 4.61. The van der Waals surface area contributed by atoms with Crippen LogP contribution in [0.25, 0.3) is 5.69 Å². The predicted molar refractivity (Wildman–Crippen MR) is 94.9 cm³/mol. The predicted octanol–water partition coefficient (Wildman–Crippen LogP) is 6.38. The molecule has 108 valence electrons. The number of halogens is 1. The van der Waals surface area contributed by atoms with Gasteiger partial charge in [-0.3, -0.25) is 4.57 Å². The van der Waals surface area contributed by atoms with Crippen LogP contribution in [0.2, 0.25) is 0 Å². The monoisotopic (exact) mass is 369 g/mol. The third-order valence-corrected chi connectivity index (χ3v) is 5.73. The molecule has 1 aromatic heterocycles. The summed E-state index contributed by atoms with van der Waals surface area (Å²) in [5.74, 6) is 0. The fourth-order valence-electron chi connectivity index (χ4n) is 2.42. The molecule has 4 heteroatoms. The van der Waals surface area contributed by atoms with Crippen molar-refractivity contribution in [3.8, 4) is 5.69 Å². The molecule has 2 aromatic rings. The number of rotatable bonds is 5. The second-order valence-electron chi connectivity index (χ2n) is 5.07. The highest BCUT2D eigenvalue weighted by Gasteiger charge is 2.14. The van der Waals surface area contributed by atoms with Crippen molar-refractivity contribution in [2.75, 3.05) is 0 Å². The van der Waals surface area contributed by atoms with Gasteiger partial charge in [0.15, 0.2) is 3.95 Å². The molecule has 20 heavy (non-hydrogen) atoms. The second-order valence-corrected chi connectivity index (χ2v) is 7.66. The van der Waals surface area contributed by atoms with Crippen LogP contribution in [-0.4, -0.2) is 4.57 Å². The van der Waals surface area contributed by atoms with Crippen molar-refractivity contribution in [1.82, 2.24) is 4.57 Å². The first-order chi connectivity index (χ1) is 9.56. The summed E-state index contributed by atoms with van der Waals surface area (Å²) in [6.07, 6.45) is 4.94. The SMILES string of the molecule is CCCCCc1sc(=S)n(-c2c(C)cccc2Br)c1C. The summed E-state index contributed by atoms with van der Waals surface area (Å²) in [7, 11) is 0. The van der Waals surface area contributed by atoms with E-state index in [1.54, 1.807) is 11.3 Å². The first-order valence-electron chi connectivity index (χ1n) is 7.03. The number of thiazole rings is 1. The Morgan fingerprint density at radius 1 is 1.25 bits per heavy atom. The minimum absolute atomic E-state index is 0.948. The lowest BCUT2D eigenvalue weighted by Crippen LogP contribution is -2.01. The van der Waals surface area contributed by atoms with Crippen LogP contribution in [-0.2, 0) is 6.42 Å². The molecule has 2 rings (SSSR count). The van der Waals surface area contributed by atoms with Gasteiger partial charge in [0.2, 0.25) is 0 Å². The molecular formula is C16H20BrNS2. The number of hydrogen-bond donors (Lipinski definition) is 0. The molecule has 0 fully saturated rings. The van der Waals surface area contributed by atoms with Gasteiger partial charge in [-0.2, -0.15) is 0 Å². The van der Waals surface area contributed by atoms with E-state index in [0.717, 1.165) is 14.8 Å². The molecular weight excluding hydrogens is 350 g/mol. The minimum Gasteiger partial charge on any atom is -0.294 e. The Morgan fingerprint density at radius 2 is 2.00 bits per heavy atom. The molecule has 0 N–H and O–H groups in total. The van der Waals surface area contributed by atoms with Gasteiger partial charge in [-0.25, -0.2) is 0 Å². The van der Waals surface area contributed by atoms with Gasteiger partial charge in [-0.1, -0.05) is 31.9 Å². The summed E-state index contributed by atoms with van der Waals surface area (Å²) in [5, 5.41) is 0. The van der Waals surface area contributed by atoms with Crippen LogP contribution in [0.4, 0.5) is 0 Å². The van der Waals surface area contributed by atoms with Crippen LogP contribution < -0.4 is 0 Å². The molecule has 1 heterocycles. The zero-order valence-corrected chi connectivity index (χ0v) is 15.4. The molecule has 0 bridgehead atoms. The summed E-state index contributed by atoms with van der Waals surface area (Å²) in [6, 6.07) is 6.28. The van der Waals surface area contributed by atoms with Crippen LogP contribution >= 0.6 is 39.5 Å². The average molecular weight is 370 g/mol. The van der Waals surface area contributed by atoms with E-state index in [1.807, 2.05) is 0 Å². The van der Waals surface area contributed by atoms with E-state index in [9.17, 15) is 0 Å². The number of aromatic nitrogens is 1. The van der Waals surface area contributed by atoms with E-state index in [1.165, 1.54) is 41.1 Å². The topological polar surface area (TPSA) is 4.93 Å². The maximum absolute atomic E-state index is 5.60. The normalized spacial score (nSPS) is 11.0. The lowest BCUT2D eigenvalue weighted by atomic mass is 10.1. The van der Waals surface area contributed by atoms with Crippen molar-refractivity contribution in [2.24, 2.45) is 0 Å². The van der Waals surface area contributed by atoms with E-state index in [4.69, 9.17) is 12.2 Å². The first kappa shape index (κ1) is 15.9. The summed E-state index contributed by atoms with van der Waals surface area (Å²) in [4.78, 5) is 1.43. The molecule has 0 spiro atoms. The third-order valence-electron chi connectivity index (χ3n) is 3.55. The largest absolute Gasteiger partial charge is 0.294 e. The van der Waals surface area contributed by atoms with Crippen molar-refractivity contribution in [3.63, 3.8) is 0 Å². The van der Waals surface area contributed by atoms with Crippen molar-refractivity contribution < 1.29 is 0 Å². The first-order valence-corrected chi connectivity index (χ1v) is 9.04. The zero-order chi connectivity index (χ0) is 14.7. The zero-order valence-electron chi connectivity index (χ0n) is 12.2. The number of unbranched alkanes of at least 4 members (excludes halogenated alkanes) is 2. The third kappa shape index (κ3) is 3.23. The number of hydrogen-bond acceptors (Lipinski definition) is 2. The van der Waals surface area contributed by atoms with E-state index in [2.05, 4.69) is 59.5 Å². The van der Waals surface area contributed by atoms with Gasteiger partial charge >= 0.3 is 0 Å². The quantitative estimate of drug-likeness (QED) is 0.437. The van der Waals surface area contributed by atoms with Crippen LogP contribution in [0.1, 0.15) is 42.3 Å². The number of para-hydroxylation sites is 1. The molecule has 0 atom stereocenters. The average Bonchev–Trinajstić information content (AvgIpc) is 2.67. The fraction of sp³-hybridized carbons (Fsp3) is 0.438. The summed E-state index contributed by atoms with van der Waals surface area (Å²) in [5.41, 5.74) is 3.73. The highest BCUT2D eigenvalue weighted by molar-refractivity contribution is 9.10. The Morgan fingerprint density at radius 3 is 2.65 bits per heavy atom. The van der Waals surface area contributed by atoms with Gasteiger partial charge in [-0.05, 0) is 66.5 Å². The number of benzene rings is 1. The Kier molecular flexibility index (Phi) is 5.58. The lowest BCUT2D eigenvalue weighted by molar-refractivity contribution is 0.718. The van der Waals surface area contributed by atoms with Crippen molar-refractivity contribution in [1.29, 1.82) is 0 Å². The van der Waals surface area contributed by atoms with Crippen molar-refractivity contribution in [3.05, 3.63) is 42.8 Å². The number of aryl methyl sites for hydroxylation is 2. The highest BCUT2D eigenvalue weighted by atomic mass is 79.9. The molecule has 0 saturated heterocycles. The van der Waals surface area contributed by atoms with Gasteiger partial charge < -0.3 is 0 Å². The minimum atomic E-state index is 0.948. The van der Waals surface area contributed by atoms with E-state index in [0.29, 0.717) is 0 Å². The van der Waals surface area contributed by atoms with E-state index in [-0.39, 0.29) is 0 Å². The molecule has 0 aliphatic carbocycles. The van der Waals surface area contributed by atoms with Gasteiger partial charge in [0.05, 0.1) is 5.69 Å². The summed E-state index contributed by atoms with van der Waals surface area (Å²) in [6.45, 7) is 6.56. The van der Waals surface area contributed by atoms with Crippen LogP contribution in [0.15, 0.2) is 22.7 Å². The highest BCUT2D eigenvalue weighted by Crippen LogP contribution is 2.31. The standard InChI is InChI=1S/C16H20BrNS2/c1-4-5-6-10-14-12(3)18(16(19)20-14)15-11(2)8-7-9-13(15)17/h7-9H,4-6,10H2,1-3H3. The van der Waals surface area contributed by atoms with E-state index < -0.39 is 0 Å². The van der Waals surface area contributed by atoms with Gasteiger partial charge in [0.1, 0.15) is 0 Å². The van der Waals surface area contributed by atoms with Crippen LogP contribution in [0.5, 0.6) is 0 Å². The number of nitrogens with zero attached hydrogens (tertiary/aromatic N) is 1. The molecule has 1 nitrogen and oxygen atoms in total. The van der Waals surface area contributed by atoms with Crippen LogP contribution in [0, 0.1) is 17.8 Å².